The van der Waals surface area contributed by atoms with E-state index in [9.17, 15) is 0 Å². The van der Waals surface area contributed by atoms with Gasteiger partial charge in [0.25, 0.3) is 0 Å². The van der Waals surface area contributed by atoms with Crippen LogP contribution in [0.15, 0.2) is 23.5 Å². The monoisotopic (exact) mass is 153 g/mol. The summed E-state index contributed by atoms with van der Waals surface area (Å²) in [6, 6.07) is 0. The van der Waals surface area contributed by atoms with Crippen molar-refractivity contribution in [2.75, 3.05) is 7.05 Å². The van der Waals surface area contributed by atoms with Gasteiger partial charge in [-0.25, -0.2) is 0 Å². The van der Waals surface area contributed by atoms with Gasteiger partial charge in [-0.2, -0.15) is 0 Å². The number of dihydropyridines is 1. The quantitative estimate of drug-likeness (QED) is 0.507. The van der Waals surface area contributed by atoms with Crippen LogP contribution in [0, 0.1) is 0 Å². The molecule has 0 saturated carbocycles. The van der Waals surface area contributed by atoms with Crippen molar-refractivity contribution < 1.29 is 0 Å². The largest absolute Gasteiger partial charge is 0.385 e. The maximum absolute atomic E-state index is 5.61. The minimum atomic E-state index is -0.182. The molecular weight excluding hydrogens is 138 g/mol. The minimum Gasteiger partial charge on any atom is -0.385 e. The molecule has 11 heavy (non-hydrogen) atoms. The van der Waals surface area contributed by atoms with Gasteiger partial charge >= 0.3 is 0 Å². The predicted octanol–water partition coefficient (Wildman–Crippen LogP) is 0.272. The first kappa shape index (κ1) is 8.14. The molecule has 0 aromatic carbocycles. The first-order valence-electron chi connectivity index (χ1n) is 3.70. The summed E-state index contributed by atoms with van der Waals surface area (Å²) in [5.74, 6) is 0.701. The lowest BCUT2D eigenvalue weighted by Gasteiger charge is -2.34. The number of allylic oxidation sites excluding steroid dienone is 2. The zero-order valence-corrected chi connectivity index (χ0v) is 7.23. The van der Waals surface area contributed by atoms with Crippen LogP contribution in [0.5, 0.6) is 0 Å². The van der Waals surface area contributed by atoms with Crippen molar-refractivity contribution in [3.05, 3.63) is 23.5 Å². The highest BCUT2D eigenvalue weighted by molar-refractivity contribution is 5.29. The molecule has 1 heterocycles. The van der Waals surface area contributed by atoms with Gasteiger partial charge in [0.15, 0.2) is 0 Å². The van der Waals surface area contributed by atoms with E-state index in [2.05, 4.69) is 24.5 Å². The fraction of sp³-hybridized carbons (Fsp3) is 0.500. The molecule has 1 aliphatic rings. The summed E-state index contributed by atoms with van der Waals surface area (Å²) in [5, 5.41) is 6.31. The topological polar surface area (TPSA) is 50.1 Å². The van der Waals surface area contributed by atoms with Gasteiger partial charge in [-0.3, -0.25) is 5.32 Å². The maximum Gasteiger partial charge on any atom is 0.108 e. The second-order valence-corrected chi connectivity index (χ2v) is 2.97. The summed E-state index contributed by atoms with van der Waals surface area (Å²) in [7, 11) is 1.91. The average molecular weight is 153 g/mol. The fourth-order valence-corrected chi connectivity index (χ4v) is 1.07. The van der Waals surface area contributed by atoms with Crippen molar-refractivity contribution in [3.63, 3.8) is 0 Å². The Morgan fingerprint density at radius 2 is 2.18 bits per heavy atom. The van der Waals surface area contributed by atoms with Crippen LogP contribution >= 0.6 is 0 Å². The Labute approximate surface area is 67.3 Å². The highest BCUT2D eigenvalue weighted by atomic mass is 15.2. The standard InChI is InChI=1S/C8H15N3/c1-6-4-5-7(9)11-8(6,2)10-3/h4-5,10-11H,9H2,1-3H3. The molecule has 0 bridgehead atoms. The van der Waals surface area contributed by atoms with Crippen molar-refractivity contribution in [1.82, 2.24) is 10.6 Å². The van der Waals surface area contributed by atoms with Crippen molar-refractivity contribution in [1.29, 1.82) is 0 Å². The van der Waals surface area contributed by atoms with Crippen LogP contribution in [0.2, 0.25) is 0 Å². The van der Waals surface area contributed by atoms with Crippen molar-refractivity contribution in [3.8, 4) is 0 Å². The Bertz CT molecular complexity index is 217. The molecule has 1 unspecified atom stereocenters. The first-order chi connectivity index (χ1) is 5.08. The summed E-state index contributed by atoms with van der Waals surface area (Å²) < 4.78 is 0. The lowest BCUT2D eigenvalue weighted by molar-refractivity contribution is 0.385. The van der Waals surface area contributed by atoms with Crippen LogP contribution in [0.1, 0.15) is 13.8 Å². The number of hydrogen-bond donors (Lipinski definition) is 3. The van der Waals surface area contributed by atoms with Crippen molar-refractivity contribution >= 4 is 0 Å². The molecule has 0 radical (unpaired) electrons. The van der Waals surface area contributed by atoms with E-state index in [1.165, 1.54) is 5.57 Å². The molecule has 3 heteroatoms. The van der Waals surface area contributed by atoms with Crippen molar-refractivity contribution in [2.24, 2.45) is 5.73 Å². The molecule has 0 fully saturated rings. The maximum atomic E-state index is 5.61. The zero-order chi connectivity index (χ0) is 8.48. The number of nitrogens with one attached hydrogen (secondary N) is 2. The third-order valence-electron chi connectivity index (χ3n) is 2.20. The lowest BCUT2D eigenvalue weighted by Crippen LogP contribution is -2.55. The summed E-state index contributed by atoms with van der Waals surface area (Å²) in [4.78, 5) is 0. The summed E-state index contributed by atoms with van der Waals surface area (Å²) in [6.45, 7) is 4.12. The third kappa shape index (κ3) is 1.38. The Morgan fingerprint density at radius 3 is 2.64 bits per heavy atom. The van der Waals surface area contributed by atoms with E-state index in [1.54, 1.807) is 0 Å². The average Bonchev–Trinajstić information content (AvgIpc) is 1.98. The molecule has 0 aromatic rings. The smallest absolute Gasteiger partial charge is 0.108 e. The van der Waals surface area contributed by atoms with Gasteiger partial charge in [-0.1, -0.05) is 6.08 Å². The molecule has 1 rings (SSSR count). The summed E-state index contributed by atoms with van der Waals surface area (Å²) >= 11 is 0. The minimum absolute atomic E-state index is 0.182. The van der Waals surface area contributed by atoms with E-state index < -0.39 is 0 Å². The van der Waals surface area contributed by atoms with E-state index in [1.807, 2.05) is 19.2 Å². The molecule has 62 valence electrons. The van der Waals surface area contributed by atoms with E-state index in [-0.39, 0.29) is 5.66 Å². The number of nitrogens with two attached hydrogens (primary N) is 1. The van der Waals surface area contributed by atoms with Crippen LogP contribution in [-0.4, -0.2) is 12.7 Å². The van der Waals surface area contributed by atoms with Crippen LogP contribution in [0.25, 0.3) is 0 Å². The molecule has 1 atom stereocenters. The molecule has 0 aromatic heterocycles. The van der Waals surface area contributed by atoms with Crippen molar-refractivity contribution in [2.45, 2.75) is 19.5 Å². The number of likely N-dealkylation sites (N-methyl/N-ethyl adjacent to an activating group) is 1. The molecule has 0 saturated heterocycles. The second-order valence-electron chi connectivity index (χ2n) is 2.97. The molecule has 0 aliphatic carbocycles. The Kier molecular flexibility index (Phi) is 1.91. The lowest BCUT2D eigenvalue weighted by atomic mass is 10.0. The highest BCUT2D eigenvalue weighted by Crippen LogP contribution is 2.16. The Hall–Kier alpha value is -0.960. The van der Waals surface area contributed by atoms with Gasteiger partial charge in [0.2, 0.25) is 0 Å². The predicted molar refractivity (Wildman–Crippen MR) is 46.6 cm³/mol. The Balaban J connectivity index is 2.89. The molecule has 1 aliphatic heterocycles. The highest BCUT2D eigenvalue weighted by Gasteiger charge is 2.25. The van der Waals surface area contributed by atoms with Crippen LogP contribution in [0.3, 0.4) is 0 Å². The Morgan fingerprint density at radius 1 is 1.55 bits per heavy atom. The number of hydrogen-bond acceptors (Lipinski definition) is 3. The third-order valence-corrected chi connectivity index (χ3v) is 2.20. The number of rotatable bonds is 1. The van der Waals surface area contributed by atoms with Gasteiger partial charge in [0, 0.05) is 0 Å². The second kappa shape index (κ2) is 2.58. The summed E-state index contributed by atoms with van der Waals surface area (Å²) in [6.07, 6.45) is 3.89. The van der Waals surface area contributed by atoms with E-state index in [0.717, 1.165) is 0 Å². The SMILES string of the molecule is CNC1(C)NC(N)=CC=C1C. The normalized spacial score (nSPS) is 30.5. The van der Waals surface area contributed by atoms with Gasteiger partial charge < -0.3 is 11.1 Å². The first-order valence-corrected chi connectivity index (χ1v) is 3.70. The zero-order valence-electron chi connectivity index (χ0n) is 7.23. The van der Waals surface area contributed by atoms with Gasteiger partial charge in [0.05, 0.1) is 5.82 Å². The molecule has 0 spiro atoms. The van der Waals surface area contributed by atoms with E-state index in [4.69, 9.17) is 5.73 Å². The van der Waals surface area contributed by atoms with Gasteiger partial charge in [-0.05, 0) is 32.5 Å². The molecular formula is C8H15N3. The summed E-state index contributed by atoms with van der Waals surface area (Å²) in [5.41, 5.74) is 6.66. The van der Waals surface area contributed by atoms with Gasteiger partial charge in [-0.15, -0.1) is 0 Å². The van der Waals surface area contributed by atoms with E-state index in [0.29, 0.717) is 5.82 Å². The van der Waals surface area contributed by atoms with Crippen LogP contribution in [-0.2, 0) is 0 Å². The van der Waals surface area contributed by atoms with Crippen LogP contribution < -0.4 is 16.4 Å². The fourth-order valence-electron chi connectivity index (χ4n) is 1.07. The molecule has 4 N–H and O–H groups in total. The van der Waals surface area contributed by atoms with E-state index >= 15 is 0 Å². The molecule has 3 nitrogen and oxygen atoms in total. The van der Waals surface area contributed by atoms with Gasteiger partial charge in [0.1, 0.15) is 5.66 Å². The van der Waals surface area contributed by atoms with Crippen LogP contribution in [0.4, 0.5) is 0 Å². The molecule has 0 amide bonds.